The van der Waals surface area contributed by atoms with E-state index in [1.807, 2.05) is 12.1 Å². The number of rotatable bonds is 2. The quantitative estimate of drug-likeness (QED) is 0.849. The first-order valence-corrected chi connectivity index (χ1v) is 6.45. The highest BCUT2D eigenvalue weighted by Crippen LogP contribution is 2.31. The van der Waals surface area contributed by atoms with Crippen molar-refractivity contribution in [2.24, 2.45) is 0 Å². The third kappa shape index (κ3) is 2.88. The lowest BCUT2D eigenvalue weighted by atomic mass is 9.97. The van der Waals surface area contributed by atoms with Crippen LogP contribution in [0.2, 0.25) is 0 Å². The van der Waals surface area contributed by atoms with E-state index in [0.29, 0.717) is 5.92 Å². The van der Waals surface area contributed by atoms with Gasteiger partial charge in [0.25, 0.3) is 0 Å². The molecule has 0 bridgehead atoms. The standard InChI is InChI=1S/C15H23NO/c1-15(2,3)16-9-8-14(10-16)13-6-4-12(11-17)5-7-13/h4-7,14,17H,8-11H2,1-3H3. The molecule has 1 fully saturated rings. The van der Waals surface area contributed by atoms with Gasteiger partial charge in [-0.25, -0.2) is 0 Å². The second-order valence-corrected chi connectivity index (χ2v) is 6.00. The smallest absolute Gasteiger partial charge is 0.0681 e. The van der Waals surface area contributed by atoms with Crippen LogP contribution in [0.1, 0.15) is 44.2 Å². The number of benzene rings is 1. The average molecular weight is 233 g/mol. The molecule has 1 saturated heterocycles. The monoisotopic (exact) mass is 233 g/mol. The molecule has 1 aromatic rings. The fourth-order valence-electron chi connectivity index (χ4n) is 2.54. The second kappa shape index (κ2) is 4.79. The van der Waals surface area contributed by atoms with Gasteiger partial charge in [0.15, 0.2) is 0 Å². The molecule has 0 radical (unpaired) electrons. The van der Waals surface area contributed by atoms with Crippen molar-refractivity contribution < 1.29 is 5.11 Å². The van der Waals surface area contributed by atoms with Gasteiger partial charge in [0.1, 0.15) is 0 Å². The summed E-state index contributed by atoms with van der Waals surface area (Å²) in [4.78, 5) is 2.55. The van der Waals surface area contributed by atoms with Gasteiger partial charge in [0.05, 0.1) is 6.61 Å². The summed E-state index contributed by atoms with van der Waals surface area (Å²) in [6.07, 6.45) is 1.25. The van der Waals surface area contributed by atoms with Gasteiger partial charge in [-0.2, -0.15) is 0 Å². The van der Waals surface area contributed by atoms with E-state index < -0.39 is 0 Å². The molecule has 1 aliphatic rings. The van der Waals surface area contributed by atoms with E-state index in [1.165, 1.54) is 18.5 Å². The summed E-state index contributed by atoms with van der Waals surface area (Å²) >= 11 is 0. The maximum Gasteiger partial charge on any atom is 0.0681 e. The summed E-state index contributed by atoms with van der Waals surface area (Å²) < 4.78 is 0. The van der Waals surface area contributed by atoms with Crippen LogP contribution in [0.4, 0.5) is 0 Å². The van der Waals surface area contributed by atoms with Crippen molar-refractivity contribution >= 4 is 0 Å². The fourth-order valence-corrected chi connectivity index (χ4v) is 2.54. The number of hydrogen-bond donors (Lipinski definition) is 1. The summed E-state index contributed by atoms with van der Waals surface area (Å²) in [6, 6.07) is 8.41. The summed E-state index contributed by atoms with van der Waals surface area (Å²) in [7, 11) is 0. The van der Waals surface area contributed by atoms with Crippen LogP contribution < -0.4 is 0 Å². The van der Waals surface area contributed by atoms with Gasteiger partial charge < -0.3 is 5.11 Å². The van der Waals surface area contributed by atoms with Gasteiger partial charge in [-0.1, -0.05) is 24.3 Å². The first-order chi connectivity index (χ1) is 8.00. The van der Waals surface area contributed by atoms with Crippen molar-refractivity contribution in [2.45, 2.75) is 45.3 Å². The Kier molecular flexibility index (Phi) is 3.55. The number of likely N-dealkylation sites (tertiary alicyclic amines) is 1. The van der Waals surface area contributed by atoms with E-state index in [1.54, 1.807) is 0 Å². The van der Waals surface area contributed by atoms with Crippen molar-refractivity contribution in [1.82, 2.24) is 4.90 Å². The Labute approximate surface area is 104 Å². The number of hydrogen-bond acceptors (Lipinski definition) is 2. The molecule has 2 nitrogen and oxygen atoms in total. The number of aliphatic hydroxyl groups excluding tert-OH is 1. The average Bonchev–Trinajstić information content (AvgIpc) is 2.78. The maximum absolute atomic E-state index is 9.03. The minimum absolute atomic E-state index is 0.138. The van der Waals surface area contributed by atoms with Crippen molar-refractivity contribution in [3.8, 4) is 0 Å². The summed E-state index contributed by atoms with van der Waals surface area (Å²) in [5, 5.41) is 9.03. The minimum Gasteiger partial charge on any atom is -0.392 e. The normalized spacial score (nSPS) is 22.0. The minimum atomic E-state index is 0.138. The predicted octanol–water partition coefficient (Wildman–Crippen LogP) is 2.77. The largest absolute Gasteiger partial charge is 0.392 e. The van der Waals surface area contributed by atoms with E-state index in [2.05, 4.69) is 37.8 Å². The lowest BCUT2D eigenvalue weighted by Crippen LogP contribution is -2.39. The van der Waals surface area contributed by atoms with E-state index in [9.17, 15) is 0 Å². The topological polar surface area (TPSA) is 23.5 Å². The number of nitrogens with zero attached hydrogens (tertiary/aromatic N) is 1. The lowest BCUT2D eigenvalue weighted by Gasteiger charge is -2.31. The van der Waals surface area contributed by atoms with Crippen LogP contribution >= 0.6 is 0 Å². The highest BCUT2D eigenvalue weighted by molar-refractivity contribution is 5.26. The molecule has 1 atom stereocenters. The fraction of sp³-hybridized carbons (Fsp3) is 0.600. The zero-order valence-electron chi connectivity index (χ0n) is 11.1. The molecule has 2 rings (SSSR count). The molecule has 1 aromatic carbocycles. The van der Waals surface area contributed by atoms with Crippen molar-refractivity contribution in [1.29, 1.82) is 0 Å². The molecule has 1 heterocycles. The lowest BCUT2D eigenvalue weighted by molar-refractivity contribution is 0.173. The molecule has 0 amide bonds. The van der Waals surface area contributed by atoms with Crippen LogP contribution in [-0.2, 0) is 6.61 Å². The molecule has 0 saturated carbocycles. The van der Waals surface area contributed by atoms with Gasteiger partial charge in [0, 0.05) is 12.1 Å². The molecular weight excluding hydrogens is 210 g/mol. The van der Waals surface area contributed by atoms with Crippen molar-refractivity contribution in [2.75, 3.05) is 13.1 Å². The highest BCUT2D eigenvalue weighted by atomic mass is 16.3. The van der Waals surface area contributed by atoms with Crippen LogP contribution in [-0.4, -0.2) is 28.6 Å². The molecule has 94 valence electrons. The Hall–Kier alpha value is -0.860. The molecule has 0 aromatic heterocycles. The van der Waals surface area contributed by atoms with E-state index in [4.69, 9.17) is 5.11 Å². The SMILES string of the molecule is CC(C)(C)N1CCC(c2ccc(CO)cc2)C1. The summed E-state index contributed by atoms with van der Waals surface area (Å²) in [5.74, 6) is 0.655. The van der Waals surface area contributed by atoms with Gasteiger partial charge in [-0.15, -0.1) is 0 Å². The van der Waals surface area contributed by atoms with Gasteiger partial charge >= 0.3 is 0 Å². The van der Waals surface area contributed by atoms with E-state index >= 15 is 0 Å². The molecule has 1 N–H and O–H groups in total. The first kappa shape index (κ1) is 12.6. The van der Waals surface area contributed by atoms with Crippen LogP contribution in [0.15, 0.2) is 24.3 Å². The van der Waals surface area contributed by atoms with Gasteiger partial charge in [-0.05, 0) is 50.8 Å². The summed E-state index contributed by atoms with van der Waals surface area (Å²) in [6.45, 7) is 9.33. The predicted molar refractivity (Wildman–Crippen MR) is 71.0 cm³/mol. The van der Waals surface area contributed by atoms with Crippen LogP contribution in [0.3, 0.4) is 0 Å². The highest BCUT2D eigenvalue weighted by Gasteiger charge is 2.30. The third-order valence-corrected chi connectivity index (χ3v) is 3.77. The maximum atomic E-state index is 9.03. The molecule has 0 aliphatic carbocycles. The molecule has 2 heteroatoms. The Bertz CT molecular complexity index is 364. The van der Waals surface area contributed by atoms with Crippen LogP contribution in [0, 0.1) is 0 Å². The molecule has 17 heavy (non-hydrogen) atoms. The summed E-state index contributed by atoms with van der Waals surface area (Å²) in [5.41, 5.74) is 2.69. The third-order valence-electron chi connectivity index (χ3n) is 3.77. The zero-order valence-corrected chi connectivity index (χ0v) is 11.1. The Morgan fingerprint density at radius 3 is 2.35 bits per heavy atom. The molecular formula is C15H23NO. The molecule has 1 unspecified atom stereocenters. The Morgan fingerprint density at radius 2 is 1.88 bits per heavy atom. The van der Waals surface area contributed by atoms with E-state index in [0.717, 1.165) is 12.1 Å². The van der Waals surface area contributed by atoms with Crippen LogP contribution in [0.5, 0.6) is 0 Å². The van der Waals surface area contributed by atoms with Crippen molar-refractivity contribution in [3.05, 3.63) is 35.4 Å². The Morgan fingerprint density at radius 1 is 1.24 bits per heavy atom. The van der Waals surface area contributed by atoms with Gasteiger partial charge in [0.2, 0.25) is 0 Å². The second-order valence-electron chi connectivity index (χ2n) is 6.00. The Balaban J connectivity index is 2.05. The first-order valence-electron chi connectivity index (χ1n) is 6.45. The van der Waals surface area contributed by atoms with Gasteiger partial charge in [-0.3, -0.25) is 4.90 Å². The zero-order chi connectivity index (χ0) is 12.5. The van der Waals surface area contributed by atoms with E-state index in [-0.39, 0.29) is 12.1 Å². The van der Waals surface area contributed by atoms with Crippen LogP contribution in [0.25, 0.3) is 0 Å². The van der Waals surface area contributed by atoms with Crippen molar-refractivity contribution in [3.63, 3.8) is 0 Å². The number of aliphatic hydroxyl groups is 1. The molecule has 1 aliphatic heterocycles. The molecule has 0 spiro atoms.